The van der Waals surface area contributed by atoms with Gasteiger partial charge < -0.3 is 15.8 Å². The third-order valence-corrected chi connectivity index (χ3v) is 3.31. The monoisotopic (exact) mass is 404 g/mol. The highest BCUT2D eigenvalue weighted by molar-refractivity contribution is 5.67. The van der Waals surface area contributed by atoms with Crippen molar-refractivity contribution in [2.75, 3.05) is 0 Å². The number of carbonyl (C=O) groups is 1. The van der Waals surface area contributed by atoms with E-state index < -0.39 is 21.5 Å². The number of alkyl carbamates (subject to hydrolysis) is 1. The van der Waals surface area contributed by atoms with Crippen molar-refractivity contribution in [2.24, 2.45) is 5.73 Å². The van der Waals surface area contributed by atoms with Crippen molar-refractivity contribution in [1.82, 2.24) is 5.32 Å². The van der Waals surface area contributed by atoms with E-state index in [4.69, 9.17) is 10.5 Å². The Morgan fingerprint density at radius 3 is 1.93 bits per heavy atom. The first-order chi connectivity index (χ1) is 13.5. The molecule has 0 saturated carbocycles. The SMILES string of the molecule is CC(C)(C)OC(=O)NCc1cccc([N+](=O)[O-])c1.NCc1cccc([N+](=O)[O-])c1. The van der Waals surface area contributed by atoms with Gasteiger partial charge in [0.15, 0.2) is 0 Å². The summed E-state index contributed by atoms with van der Waals surface area (Å²) in [7, 11) is 0. The number of nitro groups is 2. The van der Waals surface area contributed by atoms with Gasteiger partial charge in [0.2, 0.25) is 0 Å². The molecule has 0 heterocycles. The number of nitrogens with two attached hydrogens (primary N) is 1. The van der Waals surface area contributed by atoms with Gasteiger partial charge in [-0.25, -0.2) is 4.79 Å². The van der Waals surface area contributed by atoms with E-state index in [2.05, 4.69) is 5.32 Å². The summed E-state index contributed by atoms with van der Waals surface area (Å²) in [5, 5.41) is 23.3. The molecule has 10 heteroatoms. The first-order valence-corrected chi connectivity index (χ1v) is 8.65. The first-order valence-electron chi connectivity index (χ1n) is 8.65. The van der Waals surface area contributed by atoms with Crippen molar-refractivity contribution in [3.05, 3.63) is 79.9 Å². The van der Waals surface area contributed by atoms with Crippen molar-refractivity contribution in [3.8, 4) is 0 Å². The molecule has 2 aromatic carbocycles. The maximum Gasteiger partial charge on any atom is 0.407 e. The molecule has 29 heavy (non-hydrogen) atoms. The lowest BCUT2D eigenvalue weighted by molar-refractivity contribution is -0.385. The second kappa shape index (κ2) is 10.7. The molecule has 156 valence electrons. The van der Waals surface area contributed by atoms with Crippen LogP contribution in [-0.2, 0) is 17.8 Å². The zero-order valence-corrected chi connectivity index (χ0v) is 16.5. The predicted molar refractivity (Wildman–Crippen MR) is 107 cm³/mol. The minimum atomic E-state index is -0.563. The highest BCUT2D eigenvalue weighted by atomic mass is 16.6. The normalized spacial score (nSPS) is 10.3. The van der Waals surface area contributed by atoms with Crippen LogP contribution in [-0.4, -0.2) is 21.5 Å². The van der Waals surface area contributed by atoms with Crippen LogP contribution in [0.4, 0.5) is 16.2 Å². The third-order valence-electron chi connectivity index (χ3n) is 3.31. The number of ether oxygens (including phenoxy) is 1. The Kier molecular flexibility index (Phi) is 8.69. The lowest BCUT2D eigenvalue weighted by atomic mass is 10.2. The molecule has 2 rings (SSSR count). The second-order valence-electron chi connectivity index (χ2n) is 6.91. The summed E-state index contributed by atoms with van der Waals surface area (Å²) in [5.41, 5.74) is 6.25. The van der Waals surface area contributed by atoms with Gasteiger partial charge in [-0.15, -0.1) is 0 Å². The van der Waals surface area contributed by atoms with Gasteiger partial charge in [-0.05, 0) is 31.9 Å². The fourth-order valence-corrected chi connectivity index (χ4v) is 2.07. The van der Waals surface area contributed by atoms with Gasteiger partial charge in [-0.1, -0.05) is 24.3 Å². The zero-order valence-electron chi connectivity index (χ0n) is 16.5. The summed E-state index contributed by atoms with van der Waals surface area (Å²) >= 11 is 0. The molecule has 0 aliphatic carbocycles. The van der Waals surface area contributed by atoms with Crippen LogP contribution in [0.2, 0.25) is 0 Å². The van der Waals surface area contributed by atoms with E-state index in [9.17, 15) is 25.0 Å². The Bertz CT molecular complexity index is 864. The molecular formula is C19H24N4O6. The average molecular weight is 404 g/mol. The highest BCUT2D eigenvalue weighted by Crippen LogP contribution is 2.13. The molecule has 0 spiro atoms. The van der Waals surface area contributed by atoms with E-state index in [1.807, 2.05) is 0 Å². The van der Waals surface area contributed by atoms with Crippen LogP contribution in [0.25, 0.3) is 0 Å². The van der Waals surface area contributed by atoms with Crippen molar-refractivity contribution in [3.63, 3.8) is 0 Å². The van der Waals surface area contributed by atoms with Gasteiger partial charge in [0.05, 0.1) is 9.85 Å². The molecule has 0 fully saturated rings. The number of rotatable bonds is 5. The number of carbonyl (C=O) groups excluding carboxylic acids is 1. The van der Waals surface area contributed by atoms with E-state index in [0.29, 0.717) is 12.1 Å². The first kappa shape index (κ1) is 23.5. The van der Waals surface area contributed by atoms with Crippen LogP contribution in [0.5, 0.6) is 0 Å². The molecule has 0 bridgehead atoms. The molecule has 2 aromatic rings. The number of non-ortho nitro benzene ring substituents is 2. The zero-order chi connectivity index (χ0) is 22.0. The molecule has 1 amide bonds. The summed E-state index contributed by atoms with van der Waals surface area (Å²) in [4.78, 5) is 31.3. The van der Waals surface area contributed by atoms with Gasteiger partial charge in [-0.3, -0.25) is 20.2 Å². The lowest BCUT2D eigenvalue weighted by Gasteiger charge is -2.19. The van der Waals surface area contributed by atoms with Crippen molar-refractivity contribution in [2.45, 2.75) is 39.5 Å². The smallest absolute Gasteiger partial charge is 0.407 e. The molecule has 0 aliphatic rings. The highest BCUT2D eigenvalue weighted by Gasteiger charge is 2.16. The molecule has 0 radical (unpaired) electrons. The molecule has 0 atom stereocenters. The van der Waals surface area contributed by atoms with Crippen molar-refractivity contribution < 1.29 is 19.4 Å². The molecule has 10 nitrogen and oxygen atoms in total. The molecule has 0 aliphatic heterocycles. The second-order valence-corrected chi connectivity index (χ2v) is 6.91. The van der Waals surface area contributed by atoms with E-state index in [-0.39, 0.29) is 17.9 Å². The number of hydrogen-bond acceptors (Lipinski definition) is 7. The standard InChI is InChI=1S/C12H16N2O4.C7H8N2O2/c1-12(2,3)18-11(15)13-8-9-5-4-6-10(7-9)14(16)17;8-5-6-2-1-3-7(4-6)9(10)11/h4-7H,8H2,1-3H3,(H,13,15);1-4H,5,8H2. The minimum absolute atomic E-state index is 0.00140. The number of nitrogens with zero attached hydrogens (tertiary/aromatic N) is 2. The maximum absolute atomic E-state index is 11.4. The fourth-order valence-electron chi connectivity index (χ4n) is 2.07. The molecule has 0 aromatic heterocycles. The summed E-state index contributed by atoms with van der Waals surface area (Å²) in [6.45, 7) is 5.82. The summed E-state index contributed by atoms with van der Waals surface area (Å²) in [6.07, 6.45) is -0.547. The van der Waals surface area contributed by atoms with Crippen molar-refractivity contribution in [1.29, 1.82) is 0 Å². The number of benzene rings is 2. The average Bonchev–Trinajstić information content (AvgIpc) is 2.66. The van der Waals surface area contributed by atoms with E-state index in [0.717, 1.165) is 5.56 Å². The van der Waals surface area contributed by atoms with E-state index >= 15 is 0 Å². The Morgan fingerprint density at radius 1 is 1.00 bits per heavy atom. The number of hydrogen-bond donors (Lipinski definition) is 2. The Labute approximate surface area is 168 Å². The molecule has 0 saturated heterocycles. The number of amides is 1. The maximum atomic E-state index is 11.4. The number of nitrogens with one attached hydrogen (secondary N) is 1. The summed E-state index contributed by atoms with van der Waals surface area (Å²) in [5.74, 6) is 0. The van der Waals surface area contributed by atoms with Gasteiger partial charge >= 0.3 is 6.09 Å². The minimum Gasteiger partial charge on any atom is -0.444 e. The topological polar surface area (TPSA) is 151 Å². The van der Waals surface area contributed by atoms with E-state index in [1.54, 1.807) is 45.0 Å². The fraction of sp³-hybridized carbons (Fsp3) is 0.316. The van der Waals surface area contributed by atoms with E-state index in [1.165, 1.54) is 24.3 Å². The van der Waals surface area contributed by atoms with Crippen LogP contribution >= 0.6 is 0 Å². The Hall–Kier alpha value is -3.53. The Balaban J connectivity index is 0.000000326. The predicted octanol–water partition coefficient (Wildman–Crippen LogP) is 3.67. The van der Waals surface area contributed by atoms with Crippen LogP contribution in [0, 0.1) is 20.2 Å². The van der Waals surface area contributed by atoms with Gasteiger partial charge in [0.1, 0.15) is 5.60 Å². The van der Waals surface area contributed by atoms with Gasteiger partial charge in [0, 0.05) is 37.4 Å². The summed E-state index contributed by atoms with van der Waals surface area (Å²) in [6, 6.07) is 12.4. The molecular weight excluding hydrogens is 380 g/mol. The van der Waals surface area contributed by atoms with Crippen LogP contribution in [0.1, 0.15) is 31.9 Å². The van der Waals surface area contributed by atoms with Gasteiger partial charge in [0.25, 0.3) is 11.4 Å². The van der Waals surface area contributed by atoms with Crippen LogP contribution < -0.4 is 11.1 Å². The third kappa shape index (κ3) is 9.29. The van der Waals surface area contributed by atoms with Crippen LogP contribution in [0.15, 0.2) is 48.5 Å². The number of nitro benzene ring substituents is 2. The van der Waals surface area contributed by atoms with Gasteiger partial charge in [-0.2, -0.15) is 0 Å². The Morgan fingerprint density at radius 2 is 1.48 bits per heavy atom. The summed E-state index contributed by atoms with van der Waals surface area (Å²) < 4.78 is 5.05. The quantitative estimate of drug-likeness (QED) is 0.570. The molecule has 3 N–H and O–H groups in total. The van der Waals surface area contributed by atoms with Crippen molar-refractivity contribution >= 4 is 17.5 Å². The molecule has 0 unspecified atom stereocenters. The largest absolute Gasteiger partial charge is 0.444 e. The van der Waals surface area contributed by atoms with Crippen LogP contribution in [0.3, 0.4) is 0 Å². The lowest BCUT2D eigenvalue weighted by Crippen LogP contribution is -2.32.